The summed E-state index contributed by atoms with van der Waals surface area (Å²) in [5, 5.41) is 4.19. The van der Waals surface area contributed by atoms with Gasteiger partial charge in [-0.1, -0.05) is 0 Å². The number of halogens is 1. The van der Waals surface area contributed by atoms with Gasteiger partial charge in [-0.25, -0.2) is 15.0 Å². The predicted molar refractivity (Wildman–Crippen MR) is 59.1 cm³/mol. The zero-order valence-corrected chi connectivity index (χ0v) is 9.93. The largest absolute Gasteiger partial charge is 0.252 e. The van der Waals surface area contributed by atoms with Gasteiger partial charge in [0.25, 0.3) is 5.95 Å². The van der Waals surface area contributed by atoms with Gasteiger partial charge in [-0.15, -0.1) is 5.10 Å². The summed E-state index contributed by atoms with van der Waals surface area (Å²) in [7, 11) is 0. The van der Waals surface area contributed by atoms with Crippen molar-refractivity contribution in [2.45, 2.75) is 13.8 Å². The first-order valence-electron chi connectivity index (χ1n) is 4.05. The lowest BCUT2D eigenvalue weighted by atomic mass is 10.6. The Morgan fingerprint density at radius 3 is 2.36 bits per heavy atom. The zero-order valence-electron chi connectivity index (χ0n) is 7.77. The maximum absolute atomic E-state index is 4.19. The minimum absolute atomic E-state index is 0.559. The van der Waals surface area contributed by atoms with Gasteiger partial charge in [0.15, 0.2) is 0 Å². The molecular formula is C8H8IN5. The van der Waals surface area contributed by atoms with E-state index in [2.05, 4.69) is 42.6 Å². The lowest BCUT2D eigenvalue weighted by Gasteiger charge is -1.99. The molecule has 5 nitrogen and oxygen atoms in total. The topological polar surface area (TPSA) is 56.5 Å². The van der Waals surface area contributed by atoms with Gasteiger partial charge in [0.05, 0.1) is 0 Å². The number of nitrogens with zero attached hydrogens (tertiary/aromatic N) is 5. The quantitative estimate of drug-likeness (QED) is 0.745. The Labute approximate surface area is 94.7 Å². The Hall–Kier alpha value is -1.05. The van der Waals surface area contributed by atoms with E-state index in [4.69, 9.17) is 0 Å². The summed E-state index contributed by atoms with van der Waals surface area (Å²) < 4.78 is 2.63. The Balaban J connectivity index is 2.49. The summed E-state index contributed by atoms with van der Waals surface area (Å²) >= 11 is 2.16. The molecule has 0 spiro atoms. The highest BCUT2D eigenvalue weighted by Crippen LogP contribution is 2.05. The predicted octanol–water partition coefficient (Wildman–Crippen LogP) is 1.28. The summed E-state index contributed by atoms with van der Waals surface area (Å²) in [4.78, 5) is 12.5. The van der Waals surface area contributed by atoms with Crippen molar-refractivity contribution >= 4 is 22.6 Å². The molecule has 0 bridgehead atoms. The van der Waals surface area contributed by atoms with Crippen LogP contribution in [0.2, 0.25) is 0 Å². The molecule has 2 heterocycles. The van der Waals surface area contributed by atoms with Crippen LogP contribution in [0.5, 0.6) is 0 Å². The molecule has 0 radical (unpaired) electrons. The molecule has 0 aliphatic rings. The first kappa shape index (κ1) is 9.50. The van der Waals surface area contributed by atoms with E-state index in [-0.39, 0.29) is 0 Å². The van der Waals surface area contributed by atoms with E-state index >= 15 is 0 Å². The molecule has 0 unspecified atom stereocenters. The summed E-state index contributed by atoms with van der Waals surface area (Å²) in [6.45, 7) is 3.72. The van der Waals surface area contributed by atoms with Crippen molar-refractivity contribution in [2.75, 3.05) is 0 Å². The summed E-state index contributed by atoms with van der Waals surface area (Å²) in [6, 6.07) is 0. The third-order valence-corrected chi connectivity index (χ3v) is 2.23. The Morgan fingerprint density at radius 1 is 1.21 bits per heavy atom. The summed E-state index contributed by atoms with van der Waals surface area (Å²) in [6.07, 6.45) is 3.50. The molecule has 2 aromatic heterocycles. The minimum Gasteiger partial charge on any atom is -0.218 e. The molecule has 2 rings (SSSR count). The van der Waals surface area contributed by atoms with Gasteiger partial charge in [-0.2, -0.15) is 4.68 Å². The van der Waals surface area contributed by atoms with Gasteiger partial charge in [-0.05, 0) is 36.4 Å². The molecule has 0 aromatic carbocycles. The average molecular weight is 301 g/mol. The normalized spacial score (nSPS) is 10.5. The first-order valence-corrected chi connectivity index (χ1v) is 5.13. The Morgan fingerprint density at radius 2 is 1.86 bits per heavy atom. The van der Waals surface area contributed by atoms with E-state index in [0.29, 0.717) is 5.95 Å². The molecule has 0 aliphatic heterocycles. The van der Waals surface area contributed by atoms with E-state index < -0.39 is 0 Å². The first-order chi connectivity index (χ1) is 6.66. The molecule has 14 heavy (non-hydrogen) atoms. The van der Waals surface area contributed by atoms with Gasteiger partial charge in [0.2, 0.25) is 0 Å². The van der Waals surface area contributed by atoms with Crippen molar-refractivity contribution < 1.29 is 0 Å². The van der Waals surface area contributed by atoms with Crippen molar-refractivity contribution in [3.63, 3.8) is 0 Å². The number of rotatable bonds is 1. The fourth-order valence-corrected chi connectivity index (χ4v) is 1.40. The number of aryl methyl sites for hydroxylation is 2. The van der Waals surface area contributed by atoms with E-state index in [9.17, 15) is 0 Å². The Bertz CT molecular complexity index is 447. The fraction of sp³-hybridized carbons (Fsp3) is 0.250. The lowest BCUT2D eigenvalue weighted by molar-refractivity contribution is 0.770. The second-order valence-corrected chi connectivity index (χ2v) is 4.06. The van der Waals surface area contributed by atoms with Gasteiger partial charge < -0.3 is 0 Å². The molecule has 0 saturated carbocycles. The van der Waals surface area contributed by atoms with Crippen LogP contribution in [-0.2, 0) is 0 Å². The molecule has 0 amide bonds. The van der Waals surface area contributed by atoms with Crippen LogP contribution in [0.15, 0.2) is 12.4 Å². The van der Waals surface area contributed by atoms with Gasteiger partial charge in [0.1, 0.15) is 11.6 Å². The minimum atomic E-state index is 0.559. The highest BCUT2D eigenvalue weighted by atomic mass is 127. The van der Waals surface area contributed by atoms with Crippen LogP contribution in [0.25, 0.3) is 5.95 Å². The maximum Gasteiger partial charge on any atom is 0.252 e. The monoisotopic (exact) mass is 301 g/mol. The zero-order chi connectivity index (χ0) is 10.1. The van der Waals surface area contributed by atoms with E-state index in [1.165, 1.54) is 0 Å². The molecule has 2 aromatic rings. The van der Waals surface area contributed by atoms with Crippen LogP contribution in [0.3, 0.4) is 0 Å². The van der Waals surface area contributed by atoms with Crippen LogP contribution < -0.4 is 0 Å². The maximum atomic E-state index is 4.19. The molecule has 0 fully saturated rings. The van der Waals surface area contributed by atoms with Gasteiger partial charge in [-0.3, -0.25) is 0 Å². The van der Waals surface area contributed by atoms with Gasteiger partial charge in [0, 0.05) is 16.0 Å². The number of hydrogen-bond donors (Lipinski definition) is 0. The third-order valence-electron chi connectivity index (χ3n) is 1.67. The highest BCUT2D eigenvalue weighted by molar-refractivity contribution is 14.1. The second kappa shape index (κ2) is 3.60. The molecule has 6 heteroatoms. The van der Waals surface area contributed by atoms with Crippen LogP contribution in [0, 0.1) is 17.4 Å². The fourth-order valence-electron chi connectivity index (χ4n) is 1.13. The van der Waals surface area contributed by atoms with E-state index in [1.54, 1.807) is 17.1 Å². The van der Waals surface area contributed by atoms with Crippen molar-refractivity contribution in [3.05, 3.63) is 27.6 Å². The van der Waals surface area contributed by atoms with E-state index in [0.717, 1.165) is 15.2 Å². The van der Waals surface area contributed by atoms with Crippen molar-refractivity contribution in [2.24, 2.45) is 0 Å². The van der Waals surface area contributed by atoms with Crippen molar-refractivity contribution in [3.8, 4) is 5.95 Å². The molecule has 0 N–H and O–H groups in total. The Kier molecular flexibility index (Phi) is 2.44. The standard InChI is InChI=1S/C8H8IN5/c1-5-12-6(2)14(13-5)8-10-3-7(9)4-11-8/h3-4H,1-2H3. The summed E-state index contributed by atoms with van der Waals surface area (Å²) in [5.74, 6) is 2.08. The van der Waals surface area contributed by atoms with Crippen molar-refractivity contribution in [1.29, 1.82) is 0 Å². The number of aromatic nitrogens is 5. The van der Waals surface area contributed by atoms with E-state index in [1.807, 2.05) is 13.8 Å². The molecule has 0 aliphatic carbocycles. The van der Waals surface area contributed by atoms with Crippen LogP contribution in [0.1, 0.15) is 11.6 Å². The third kappa shape index (κ3) is 1.74. The molecule has 0 atom stereocenters. The molecule has 72 valence electrons. The number of hydrogen-bond acceptors (Lipinski definition) is 4. The average Bonchev–Trinajstić information content (AvgIpc) is 2.47. The lowest BCUT2D eigenvalue weighted by Crippen LogP contribution is -2.04. The molecular weight excluding hydrogens is 293 g/mol. The van der Waals surface area contributed by atoms with Crippen molar-refractivity contribution in [1.82, 2.24) is 24.7 Å². The smallest absolute Gasteiger partial charge is 0.218 e. The SMILES string of the molecule is Cc1nc(C)n(-c2ncc(I)cn2)n1. The van der Waals surface area contributed by atoms with Crippen LogP contribution in [0.4, 0.5) is 0 Å². The molecule has 0 saturated heterocycles. The van der Waals surface area contributed by atoms with Crippen LogP contribution >= 0.6 is 22.6 Å². The van der Waals surface area contributed by atoms with Gasteiger partial charge >= 0.3 is 0 Å². The summed E-state index contributed by atoms with van der Waals surface area (Å²) in [5.41, 5.74) is 0. The highest BCUT2D eigenvalue weighted by Gasteiger charge is 2.06. The second-order valence-electron chi connectivity index (χ2n) is 2.82. The van der Waals surface area contributed by atoms with Crippen LogP contribution in [-0.4, -0.2) is 24.7 Å².